The highest BCUT2D eigenvalue weighted by atomic mass is 15.1. The quantitative estimate of drug-likeness (QED) is 0.774. The van der Waals surface area contributed by atoms with Crippen molar-refractivity contribution in [3.8, 4) is 0 Å². The minimum Gasteiger partial charge on any atom is -0.371 e. The summed E-state index contributed by atoms with van der Waals surface area (Å²) in [5.41, 5.74) is 5.17. The van der Waals surface area contributed by atoms with Gasteiger partial charge in [0, 0.05) is 31.9 Å². The van der Waals surface area contributed by atoms with Gasteiger partial charge in [0.05, 0.1) is 0 Å². The van der Waals surface area contributed by atoms with Crippen molar-refractivity contribution in [1.82, 2.24) is 5.32 Å². The summed E-state index contributed by atoms with van der Waals surface area (Å²) >= 11 is 0. The molecule has 0 amide bonds. The number of hydrogen-bond donors (Lipinski definition) is 1. The second kappa shape index (κ2) is 5.57. The van der Waals surface area contributed by atoms with Crippen molar-refractivity contribution in [2.75, 3.05) is 25.0 Å². The van der Waals surface area contributed by atoms with E-state index in [2.05, 4.69) is 55.9 Å². The standard InChI is InChI=1S/C16H24N2/c1-12-7-13(2)9-16(8-12)18(4)11-14(3)10-17-15-5-6-15/h7-9,15,17H,3,5-6,10-11H2,1-2,4H3. The fourth-order valence-corrected chi connectivity index (χ4v) is 2.23. The molecule has 18 heavy (non-hydrogen) atoms. The first-order valence-electron chi connectivity index (χ1n) is 6.74. The van der Waals surface area contributed by atoms with E-state index in [9.17, 15) is 0 Å². The third kappa shape index (κ3) is 3.88. The summed E-state index contributed by atoms with van der Waals surface area (Å²) in [4.78, 5) is 2.27. The van der Waals surface area contributed by atoms with E-state index in [4.69, 9.17) is 0 Å². The molecule has 98 valence electrons. The van der Waals surface area contributed by atoms with Crippen LogP contribution in [0.2, 0.25) is 0 Å². The first-order chi connectivity index (χ1) is 8.54. The van der Waals surface area contributed by atoms with E-state index in [1.807, 2.05) is 0 Å². The van der Waals surface area contributed by atoms with Crippen molar-refractivity contribution in [2.45, 2.75) is 32.7 Å². The van der Waals surface area contributed by atoms with Gasteiger partial charge in [-0.05, 0) is 55.5 Å². The van der Waals surface area contributed by atoms with E-state index < -0.39 is 0 Å². The topological polar surface area (TPSA) is 15.3 Å². The number of nitrogens with zero attached hydrogens (tertiary/aromatic N) is 1. The Morgan fingerprint density at radius 1 is 1.28 bits per heavy atom. The third-order valence-corrected chi connectivity index (χ3v) is 3.33. The number of hydrogen-bond acceptors (Lipinski definition) is 2. The molecule has 0 atom stereocenters. The van der Waals surface area contributed by atoms with E-state index in [1.165, 1.54) is 35.2 Å². The van der Waals surface area contributed by atoms with Crippen LogP contribution in [-0.2, 0) is 0 Å². The Morgan fingerprint density at radius 2 is 1.89 bits per heavy atom. The molecule has 0 aromatic heterocycles. The van der Waals surface area contributed by atoms with Crippen molar-refractivity contribution in [2.24, 2.45) is 0 Å². The average Bonchev–Trinajstić information content (AvgIpc) is 3.08. The highest BCUT2D eigenvalue weighted by molar-refractivity contribution is 5.51. The zero-order chi connectivity index (χ0) is 13.1. The van der Waals surface area contributed by atoms with Gasteiger partial charge >= 0.3 is 0 Å². The van der Waals surface area contributed by atoms with Gasteiger partial charge in [-0.25, -0.2) is 0 Å². The molecule has 2 rings (SSSR count). The fourth-order valence-electron chi connectivity index (χ4n) is 2.23. The van der Waals surface area contributed by atoms with Gasteiger partial charge in [-0.2, -0.15) is 0 Å². The van der Waals surface area contributed by atoms with E-state index in [-0.39, 0.29) is 0 Å². The number of aryl methyl sites for hydroxylation is 2. The van der Waals surface area contributed by atoms with Crippen LogP contribution in [-0.4, -0.2) is 26.2 Å². The normalized spacial score (nSPS) is 14.6. The van der Waals surface area contributed by atoms with E-state index >= 15 is 0 Å². The minimum atomic E-state index is 0.758. The van der Waals surface area contributed by atoms with Crippen LogP contribution in [0.25, 0.3) is 0 Å². The van der Waals surface area contributed by atoms with E-state index in [1.54, 1.807) is 0 Å². The maximum absolute atomic E-state index is 4.16. The summed E-state index contributed by atoms with van der Waals surface area (Å²) in [5.74, 6) is 0. The predicted octanol–water partition coefficient (Wildman–Crippen LogP) is 3.05. The maximum atomic E-state index is 4.16. The molecule has 1 N–H and O–H groups in total. The van der Waals surface area contributed by atoms with Crippen molar-refractivity contribution < 1.29 is 0 Å². The van der Waals surface area contributed by atoms with Crippen LogP contribution in [0.5, 0.6) is 0 Å². The SMILES string of the molecule is C=C(CNC1CC1)CN(C)c1cc(C)cc(C)c1. The maximum Gasteiger partial charge on any atom is 0.0395 e. The van der Waals surface area contributed by atoms with Crippen molar-refractivity contribution in [3.63, 3.8) is 0 Å². The Labute approximate surface area is 111 Å². The van der Waals surface area contributed by atoms with Crippen molar-refractivity contribution in [3.05, 3.63) is 41.5 Å². The van der Waals surface area contributed by atoms with Crippen LogP contribution >= 0.6 is 0 Å². The summed E-state index contributed by atoms with van der Waals surface area (Å²) in [7, 11) is 2.14. The highest BCUT2D eigenvalue weighted by Crippen LogP contribution is 2.20. The van der Waals surface area contributed by atoms with Gasteiger partial charge in [-0.3, -0.25) is 0 Å². The van der Waals surface area contributed by atoms with Crippen LogP contribution in [0.15, 0.2) is 30.4 Å². The second-order valence-corrected chi connectivity index (χ2v) is 5.61. The zero-order valence-electron chi connectivity index (χ0n) is 11.8. The first kappa shape index (κ1) is 13.2. The molecule has 0 unspecified atom stereocenters. The molecule has 2 nitrogen and oxygen atoms in total. The van der Waals surface area contributed by atoms with Gasteiger partial charge in [0.25, 0.3) is 0 Å². The highest BCUT2D eigenvalue weighted by Gasteiger charge is 2.20. The van der Waals surface area contributed by atoms with Gasteiger partial charge in [0.15, 0.2) is 0 Å². The van der Waals surface area contributed by atoms with Crippen molar-refractivity contribution in [1.29, 1.82) is 0 Å². The van der Waals surface area contributed by atoms with Crippen LogP contribution in [0.1, 0.15) is 24.0 Å². The van der Waals surface area contributed by atoms with Crippen LogP contribution in [0.4, 0.5) is 5.69 Å². The number of benzene rings is 1. The summed E-state index contributed by atoms with van der Waals surface area (Å²) in [5, 5.41) is 3.51. The monoisotopic (exact) mass is 244 g/mol. The molecule has 1 aliphatic rings. The van der Waals surface area contributed by atoms with Gasteiger partial charge in [-0.1, -0.05) is 12.6 Å². The molecule has 1 aliphatic carbocycles. The Balaban J connectivity index is 1.88. The number of nitrogens with one attached hydrogen (secondary N) is 1. The summed E-state index contributed by atoms with van der Waals surface area (Å²) in [6.45, 7) is 10.3. The molecule has 0 radical (unpaired) electrons. The van der Waals surface area contributed by atoms with E-state index in [0.29, 0.717) is 0 Å². The lowest BCUT2D eigenvalue weighted by Gasteiger charge is -2.22. The molecule has 0 saturated heterocycles. The van der Waals surface area contributed by atoms with Crippen LogP contribution < -0.4 is 10.2 Å². The number of rotatable bonds is 6. The van der Waals surface area contributed by atoms with Gasteiger partial charge in [-0.15, -0.1) is 0 Å². The van der Waals surface area contributed by atoms with Gasteiger partial charge in [0.1, 0.15) is 0 Å². The Morgan fingerprint density at radius 3 is 2.44 bits per heavy atom. The van der Waals surface area contributed by atoms with Crippen LogP contribution in [0, 0.1) is 13.8 Å². The molecule has 0 bridgehead atoms. The summed E-state index contributed by atoms with van der Waals surface area (Å²) in [6.07, 6.45) is 2.67. The van der Waals surface area contributed by atoms with E-state index in [0.717, 1.165) is 19.1 Å². The average molecular weight is 244 g/mol. The third-order valence-electron chi connectivity index (χ3n) is 3.33. The van der Waals surface area contributed by atoms with Gasteiger partial charge in [0.2, 0.25) is 0 Å². The minimum absolute atomic E-state index is 0.758. The van der Waals surface area contributed by atoms with Crippen LogP contribution in [0.3, 0.4) is 0 Å². The fraction of sp³-hybridized carbons (Fsp3) is 0.500. The lowest BCUT2D eigenvalue weighted by atomic mass is 10.1. The lowest BCUT2D eigenvalue weighted by molar-refractivity contribution is 0.722. The largest absolute Gasteiger partial charge is 0.371 e. The van der Waals surface area contributed by atoms with Gasteiger partial charge < -0.3 is 10.2 Å². The molecule has 1 fully saturated rings. The molecular weight excluding hydrogens is 220 g/mol. The Bertz CT molecular complexity index is 412. The predicted molar refractivity (Wildman–Crippen MR) is 79.4 cm³/mol. The molecule has 0 heterocycles. The molecule has 1 aromatic rings. The summed E-state index contributed by atoms with van der Waals surface area (Å²) < 4.78 is 0. The molecule has 0 aliphatic heterocycles. The zero-order valence-corrected chi connectivity index (χ0v) is 11.8. The Hall–Kier alpha value is -1.28. The molecule has 1 aromatic carbocycles. The number of anilines is 1. The molecule has 2 heteroatoms. The lowest BCUT2D eigenvalue weighted by Crippen LogP contribution is -2.27. The molecule has 1 saturated carbocycles. The number of likely N-dealkylation sites (N-methyl/N-ethyl adjacent to an activating group) is 1. The van der Waals surface area contributed by atoms with Crippen molar-refractivity contribution >= 4 is 5.69 Å². The first-order valence-corrected chi connectivity index (χ1v) is 6.74. The summed E-state index contributed by atoms with van der Waals surface area (Å²) in [6, 6.07) is 7.43. The molecular formula is C16H24N2. The smallest absolute Gasteiger partial charge is 0.0395 e. The Kier molecular flexibility index (Phi) is 4.07. The second-order valence-electron chi connectivity index (χ2n) is 5.61. The molecule has 0 spiro atoms.